The Labute approximate surface area is 151 Å². The minimum atomic E-state index is -0.421. The molecule has 0 saturated carbocycles. The quantitative estimate of drug-likeness (QED) is 0.487. The first-order valence-corrected chi connectivity index (χ1v) is 8.17. The average molecular weight is 349 g/mol. The molecule has 0 unspecified atom stereocenters. The van der Waals surface area contributed by atoms with Gasteiger partial charge in [0.2, 0.25) is 5.89 Å². The zero-order chi connectivity index (χ0) is 18.4. The van der Waals surface area contributed by atoms with Crippen LogP contribution < -0.4 is 4.74 Å². The summed E-state index contributed by atoms with van der Waals surface area (Å²) >= 11 is 0. The first kappa shape index (κ1) is 17.5. The zero-order valence-corrected chi connectivity index (χ0v) is 14.6. The first-order valence-electron chi connectivity index (χ1n) is 8.17. The van der Waals surface area contributed by atoms with Crippen LogP contribution in [0.5, 0.6) is 5.75 Å². The molecule has 3 aromatic rings. The van der Waals surface area contributed by atoms with Crippen LogP contribution in [0.3, 0.4) is 0 Å². The van der Waals surface area contributed by atoms with Crippen molar-refractivity contribution in [3.05, 3.63) is 77.9 Å². The van der Waals surface area contributed by atoms with Crippen LogP contribution in [-0.2, 0) is 16.1 Å². The largest absolute Gasteiger partial charge is 0.483 e. The molecule has 0 amide bonds. The van der Waals surface area contributed by atoms with E-state index >= 15 is 0 Å². The highest BCUT2D eigenvalue weighted by Crippen LogP contribution is 2.25. The third kappa shape index (κ3) is 4.19. The summed E-state index contributed by atoms with van der Waals surface area (Å²) in [7, 11) is 1.34. The monoisotopic (exact) mass is 349 g/mol. The molecule has 3 rings (SSSR count). The fourth-order valence-electron chi connectivity index (χ4n) is 2.49. The Morgan fingerprint density at radius 3 is 2.62 bits per heavy atom. The number of carbonyl (C=O) groups excluding carboxylic acids is 1. The van der Waals surface area contributed by atoms with E-state index in [1.807, 2.05) is 61.5 Å². The van der Waals surface area contributed by atoms with Gasteiger partial charge in [-0.05, 0) is 19.1 Å². The Morgan fingerprint density at radius 2 is 1.85 bits per heavy atom. The van der Waals surface area contributed by atoms with Crippen molar-refractivity contribution in [3.8, 4) is 17.0 Å². The van der Waals surface area contributed by atoms with Gasteiger partial charge in [-0.3, -0.25) is 0 Å². The number of ether oxygens (including phenoxy) is 2. The molecule has 0 saturated heterocycles. The van der Waals surface area contributed by atoms with Gasteiger partial charge in [0.1, 0.15) is 17.2 Å². The standard InChI is InChI=1S/C21H19NO4/c1-15-21(17-9-4-3-5-10-17)22-19(26-15)14-25-18-11-7-6-8-16(18)12-13-20(23)24-2/h3-13H,14H2,1-2H3/b13-12+. The van der Waals surface area contributed by atoms with Crippen molar-refractivity contribution in [2.45, 2.75) is 13.5 Å². The summed E-state index contributed by atoms with van der Waals surface area (Å²) in [5.41, 5.74) is 2.58. The van der Waals surface area contributed by atoms with Crippen LogP contribution in [0.1, 0.15) is 17.2 Å². The fraction of sp³-hybridized carbons (Fsp3) is 0.143. The normalized spacial score (nSPS) is 10.8. The van der Waals surface area contributed by atoms with E-state index in [1.54, 1.807) is 6.08 Å². The molecule has 0 bridgehead atoms. The molecular weight excluding hydrogens is 330 g/mol. The number of rotatable bonds is 6. The molecule has 0 aliphatic carbocycles. The third-order valence-corrected chi connectivity index (χ3v) is 3.76. The van der Waals surface area contributed by atoms with Crippen molar-refractivity contribution in [2.75, 3.05) is 7.11 Å². The molecular formula is C21H19NO4. The van der Waals surface area contributed by atoms with Gasteiger partial charge in [-0.1, -0.05) is 48.5 Å². The van der Waals surface area contributed by atoms with Crippen molar-refractivity contribution in [1.82, 2.24) is 4.98 Å². The van der Waals surface area contributed by atoms with Gasteiger partial charge in [-0.25, -0.2) is 9.78 Å². The number of esters is 1. The van der Waals surface area contributed by atoms with Gasteiger partial charge in [0.15, 0.2) is 6.61 Å². The Balaban J connectivity index is 1.74. The number of hydrogen-bond acceptors (Lipinski definition) is 5. The average Bonchev–Trinajstić information content (AvgIpc) is 3.06. The SMILES string of the molecule is COC(=O)/C=C/c1ccccc1OCc1nc(-c2ccccc2)c(C)o1. The van der Waals surface area contributed by atoms with Crippen LogP contribution >= 0.6 is 0 Å². The van der Waals surface area contributed by atoms with Crippen molar-refractivity contribution in [3.63, 3.8) is 0 Å². The summed E-state index contributed by atoms with van der Waals surface area (Å²) in [6.07, 6.45) is 3.00. The maximum atomic E-state index is 11.3. The van der Waals surface area contributed by atoms with E-state index < -0.39 is 5.97 Å². The third-order valence-electron chi connectivity index (χ3n) is 3.76. The van der Waals surface area contributed by atoms with Crippen LogP contribution in [0.25, 0.3) is 17.3 Å². The molecule has 0 spiro atoms. The number of hydrogen-bond donors (Lipinski definition) is 0. The Kier molecular flexibility index (Phi) is 5.49. The lowest BCUT2D eigenvalue weighted by atomic mass is 10.1. The van der Waals surface area contributed by atoms with Crippen molar-refractivity contribution in [1.29, 1.82) is 0 Å². The molecule has 26 heavy (non-hydrogen) atoms. The number of benzene rings is 2. The summed E-state index contributed by atoms with van der Waals surface area (Å²) in [4.78, 5) is 15.8. The van der Waals surface area contributed by atoms with Gasteiger partial charge >= 0.3 is 5.97 Å². The summed E-state index contributed by atoms with van der Waals surface area (Å²) < 4.78 is 16.2. The number of aromatic nitrogens is 1. The Hall–Kier alpha value is -3.34. The second-order valence-electron chi connectivity index (χ2n) is 5.56. The van der Waals surface area contributed by atoms with E-state index in [4.69, 9.17) is 9.15 Å². The first-order chi connectivity index (χ1) is 12.7. The molecule has 1 aromatic heterocycles. The molecule has 0 radical (unpaired) electrons. The lowest BCUT2D eigenvalue weighted by Crippen LogP contribution is -1.98. The van der Waals surface area contributed by atoms with E-state index in [0.717, 1.165) is 22.6 Å². The number of para-hydroxylation sites is 1. The fourth-order valence-corrected chi connectivity index (χ4v) is 2.49. The molecule has 0 aliphatic rings. The van der Waals surface area contributed by atoms with Crippen LogP contribution in [-0.4, -0.2) is 18.1 Å². The van der Waals surface area contributed by atoms with Crippen LogP contribution in [0.15, 0.2) is 65.1 Å². The predicted octanol–water partition coefficient (Wildman–Crippen LogP) is 4.42. The second kappa shape index (κ2) is 8.16. The van der Waals surface area contributed by atoms with Crippen molar-refractivity contribution < 1.29 is 18.7 Å². The van der Waals surface area contributed by atoms with Crippen LogP contribution in [0.4, 0.5) is 0 Å². The highest BCUT2D eigenvalue weighted by Gasteiger charge is 2.12. The second-order valence-corrected chi connectivity index (χ2v) is 5.56. The zero-order valence-electron chi connectivity index (χ0n) is 14.6. The minimum absolute atomic E-state index is 0.191. The number of methoxy groups -OCH3 is 1. The Bertz CT molecular complexity index is 913. The molecule has 2 aromatic carbocycles. The molecule has 132 valence electrons. The van der Waals surface area contributed by atoms with Crippen LogP contribution in [0.2, 0.25) is 0 Å². The lowest BCUT2D eigenvalue weighted by molar-refractivity contribution is -0.134. The summed E-state index contributed by atoms with van der Waals surface area (Å²) in [5, 5.41) is 0. The van der Waals surface area contributed by atoms with Gasteiger partial charge in [0.25, 0.3) is 0 Å². The van der Waals surface area contributed by atoms with Gasteiger partial charge < -0.3 is 13.9 Å². The van der Waals surface area contributed by atoms with Crippen LogP contribution in [0, 0.1) is 6.92 Å². The van der Waals surface area contributed by atoms with Gasteiger partial charge in [-0.2, -0.15) is 0 Å². The lowest BCUT2D eigenvalue weighted by Gasteiger charge is -2.07. The topological polar surface area (TPSA) is 61.6 Å². The molecule has 1 heterocycles. The molecule has 0 aliphatic heterocycles. The smallest absolute Gasteiger partial charge is 0.330 e. The molecule has 5 heteroatoms. The highest BCUT2D eigenvalue weighted by atomic mass is 16.5. The number of nitrogens with zero attached hydrogens (tertiary/aromatic N) is 1. The van der Waals surface area contributed by atoms with E-state index in [1.165, 1.54) is 13.2 Å². The number of carbonyl (C=O) groups is 1. The van der Waals surface area contributed by atoms with E-state index in [0.29, 0.717) is 11.6 Å². The molecule has 0 N–H and O–H groups in total. The highest BCUT2D eigenvalue weighted by molar-refractivity contribution is 5.87. The maximum Gasteiger partial charge on any atom is 0.330 e. The van der Waals surface area contributed by atoms with E-state index in [-0.39, 0.29) is 6.61 Å². The molecule has 5 nitrogen and oxygen atoms in total. The molecule has 0 atom stereocenters. The van der Waals surface area contributed by atoms with Gasteiger partial charge in [0, 0.05) is 17.2 Å². The number of oxazole rings is 1. The van der Waals surface area contributed by atoms with E-state index in [2.05, 4.69) is 9.72 Å². The van der Waals surface area contributed by atoms with E-state index in [9.17, 15) is 4.79 Å². The Morgan fingerprint density at radius 1 is 1.12 bits per heavy atom. The van der Waals surface area contributed by atoms with Crippen molar-refractivity contribution in [2.24, 2.45) is 0 Å². The minimum Gasteiger partial charge on any atom is -0.483 e. The predicted molar refractivity (Wildman–Crippen MR) is 98.5 cm³/mol. The van der Waals surface area contributed by atoms with Gasteiger partial charge in [-0.15, -0.1) is 0 Å². The summed E-state index contributed by atoms with van der Waals surface area (Å²) in [6, 6.07) is 17.3. The summed E-state index contributed by atoms with van der Waals surface area (Å²) in [6.45, 7) is 2.07. The maximum absolute atomic E-state index is 11.3. The summed E-state index contributed by atoms with van der Waals surface area (Å²) in [5.74, 6) is 1.45. The van der Waals surface area contributed by atoms with Gasteiger partial charge in [0.05, 0.1) is 7.11 Å². The molecule has 0 fully saturated rings. The van der Waals surface area contributed by atoms with Crippen molar-refractivity contribution >= 4 is 12.0 Å². The number of aryl methyl sites for hydroxylation is 1.